The summed E-state index contributed by atoms with van der Waals surface area (Å²) < 4.78 is 0. The number of aromatic nitrogens is 3. The van der Waals surface area contributed by atoms with E-state index >= 15 is 0 Å². The van der Waals surface area contributed by atoms with Crippen LogP contribution in [0.4, 0.5) is 17.3 Å². The van der Waals surface area contributed by atoms with Gasteiger partial charge in [-0.3, -0.25) is 0 Å². The highest BCUT2D eigenvalue weighted by Crippen LogP contribution is 2.31. The van der Waals surface area contributed by atoms with Crippen LogP contribution in [0.5, 0.6) is 0 Å². The number of hydrogen-bond donors (Lipinski definition) is 0. The molecule has 0 aliphatic rings. The minimum atomic E-state index is 0.593. The van der Waals surface area contributed by atoms with Gasteiger partial charge >= 0.3 is 0 Å². The van der Waals surface area contributed by atoms with Gasteiger partial charge in [-0.25, -0.2) is 4.98 Å². The van der Waals surface area contributed by atoms with E-state index in [1.165, 1.54) is 0 Å². The average molecular weight is 362 g/mol. The van der Waals surface area contributed by atoms with Crippen LogP contribution in [0.3, 0.4) is 0 Å². The zero-order valence-corrected chi connectivity index (χ0v) is 16.8. The molecule has 0 radical (unpaired) electrons. The molecule has 27 heavy (non-hydrogen) atoms. The summed E-state index contributed by atoms with van der Waals surface area (Å²) in [4.78, 5) is 10.8. The van der Waals surface area contributed by atoms with E-state index in [0.29, 0.717) is 5.95 Å². The van der Waals surface area contributed by atoms with Gasteiger partial charge in [-0.15, -0.1) is 10.2 Å². The molecule has 140 valence electrons. The highest BCUT2D eigenvalue weighted by Gasteiger charge is 2.15. The van der Waals surface area contributed by atoms with Gasteiger partial charge in [-0.05, 0) is 24.3 Å². The third-order valence-electron chi connectivity index (χ3n) is 4.39. The number of nitrogens with zero attached hydrogens (tertiary/aromatic N) is 6. The average Bonchev–Trinajstić information content (AvgIpc) is 2.67. The van der Waals surface area contributed by atoms with Crippen molar-refractivity contribution in [3.8, 4) is 22.5 Å². The fraction of sp³-hybridized carbons (Fsp3) is 0.286. The Hall–Kier alpha value is -3.15. The molecule has 1 heterocycles. The fourth-order valence-corrected chi connectivity index (χ4v) is 2.74. The first-order chi connectivity index (χ1) is 12.9. The predicted octanol–water partition coefficient (Wildman–Crippen LogP) is 3.40. The zero-order valence-electron chi connectivity index (χ0n) is 16.8. The fourth-order valence-electron chi connectivity index (χ4n) is 2.74. The molecule has 0 unspecified atom stereocenters. The molecule has 6 nitrogen and oxygen atoms in total. The molecule has 0 aliphatic heterocycles. The molecule has 3 aromatic rings. The lowest BCUT2D eigenvalue weighted by atomic mass is 10.0. The SMILES string of the molecule is CN(C)c1ccc(-c2nnc(N(C)C)nc2-c2ccc(N(C)C)cc2)cc1. The highest BCUT2D eigenvalue weighted by molar-refractivity contribution is 5.79. The molecule has 0 spiro atoms. The quantitative estimate of drug-likeness (QED) is 0.693. The summed E-state index contributed by atoms with van der Waals surface area (Å²) in [5.41, 5.74) is 5.91. The topological polar surface area (TPSA) is 48.4 Å². The molecule has 0 aliphatic carbocycles. The largest absolute Gasteiger partial charge is 0.378 e. The Bertz CT molecular complexity index is 899. The van der Waals surface area contributed by atoms with Crippen molar-refractivity contribution in [3.63, 3.8) is 0 Å². The number of rotatable bonds is 5. The monoisotopic (exact) mass is 362 g/mol. The van der Waals surface area contributed by atoms with Crippen LogP contribution in [-0.4, -0.2) is 57.5 Å². The van der Waals surface area contributed by atoms with Crippen LogP contribution in [0.2, 0.25) is 0 Å². The molecule has 0 saturated carbocycles. The van der Waals surface area contributed by atoms with Crippen molar-refractivity contribution in [1.82, 2.24) is 15.2 Å². The van der Waals surface area contributed by atoms with E-state index in [1.54, 1.807) is 0 Å². The maximum absolute atomic E-state index is 4.78. The lowest BCUT2D eigenvalue weighted by Crippen LogP contribution is -2.14. The smallest absolute Gasteiger partial charge is 0.245 e. The van der Waals surface area contributed by atoms with E-state index in [0.717, 1.165) is 33.9 Å². The first-order valence-corrected chi connectivity index (χ1v) is 8.84. The van der Waals surface area contributed by atoms with Gasteiger partial charge in [0.15, 0.2) is 0 Å². The lowest BCUT2D eigenvalue weighted by Gasteiger charge is -2.16. The van der Waals surface area contributed by atoms with Gasteiger partial charge in [0.2, 0.25) is 5.95 Å². The van der Waals surface area contributed by atoms with Gasteiger partial charge < -0.3 is 14.7 Å². The van der Waals surface area contributed by atoms with Crippen LogP contribution < -0.4 is 14.7 Å². The van der Waals surface area contributed by atoms with E-state index in [2.05, 4.69) is 68.5 Å². The normalized spacial score (nSPS) is 10.6. The van der Waals surface area contributed by atoms with Crippen LogP contribution in [0.15, 0.2) is 48.5 Å². The minimum absolute atomic E-state index is 0.593. The van der Waals surface area contributed by atoms with Gasteiger partial charge in [0.25, 0.3) is 0 Å². The summed E-state index contributed by atoms with van der Waals surface area (Å²) in [5.74, 6) is 0.593. The maximum Gasteiger partial charge on any atom is 0.245 e. The van der Waals surface area contributed by atoms with Crippen molar-refractivity contribution in [3.05, 3.63) is 48.5 Å². The van der Waals surface area contributed by atoms with Crippen LogP contribution in [-0.2, 0) is 0 Å². The van der Waals surface area contributed by atoms with Gasteiger partial charge in [0, 0.05) is 64.8 Å². The van der Waals surface area contributed by atoms with E-state index in [4.69, 9.17) is 4.98 Å². The van der Waals surface area contributed by atoms with E-state index in [1.807, 2.05) is 47.2 Å². The van der Waals surface area contributed by atoms with Gasteiger partial charge in [0.1, 0.15) is 11.4 Å². The Labute approximate surface area is 161 Å². The summed E-state index contributed by atoms with van der Waals surface area (Å²) in [6.07, 6.45) is 0. The Morgan fingerprint density at radius 1 is 0.519 bits per heavy atom. The van der Waals surface area contributed by atoms with Crippen molar-refractivity contribution >= 4 is 17.3 Å². The third kappa shape index (κ3) is 4.00. The molecule has 0 atom stereocenters. The van der Waals surface area contributed by atoms with E-state index in [-0.39, 0.29) is 0 Å². The van der Waals surface area contributed by atoms with Crippen molar-refractivity contribution in [2.45, 2.75) is 0 Å². The minimum Gasteiger partial charge on any atom is -0.378 e. The predicted molar refractivity (Wildman–Crippen MR) is 114 cm³/mol. The molecular weight excluding hydrogens is 336 g/mol. The summed E-state index contributed by atoms with van der Waals surface area (Å²) in [5, 5.41) is 8.79. The number of hydrogen-bond acceptors (Lipinski definition) is 6. The van der Waals surface area contributed by atoms with Crippen molar-refractivity contribution in [2.24, 2.45) is 0 Å². The van der Waals surface area contributed by atoms with Crippen LogP contribution in [0.1, 0.15) is 0 Å². The Balaban J connectivity index is 2.10. The summed E-state index contributed by atoms with van der Waals surface area (Å²) in [6.45, 7) is 0. The first kappa shape index (κ1) is 18.6. The second kappa shape index (κ2) is 7.61. The van der Waals surface area contributed by atoms with Gasteiger partial charge in [-0.1, -0.05) is 24.3 Å². The van der Waals surface area contributed by atoms with E-state index in [9.17, 15) is 0 Å². The lowest BCUT2D eigenvalue weighted by molar-refractivity contribution is 0.915. The number of anilines is 3. The third-order valence-corrected chi connectivity index (χ3v) is 4.39. The second-order valence-corrected chi connectivity index (χ2v) is 7.09. The van der Waals surface area contributed by atoms with Gasteiger partial charge in [-0.2, -0.15) is 0 Å². The summed E-state index contributed by atoms with van der Waals surface area (Å²) >= 11 is 0. The first-order valence-electron chi connectivity index (χ1n) is 8.84. The molecule has 6 heteroatoms. The van der Waals surface area contributed by atoms with Crippen molar-refractivity contribution in [1.29, 1.82) is 0 Å². The molecular formula is C21H26N6. The summed E-state index contributed by atoms with van der Waals surface area (Å²) in [7, 11) is 12.0. The molecule has 3 rings (SSSR count). The second-order valence-electron chi connectivity index (χ2n) is 7.09. The van der Waals surface area contributed by atoms with Gasteiger partial charge in [0.05, 0.1) is 0 Å². The van der Waals surface area contributed by atoms with Crippen LogP contribution >= 0.6 is 0 Å². The standard InChI is InChI=1S/C21H26N6/c1-25(2)17-11-7-15(8-12-17)19-20(23-24-21(22-19)27(5)6)16-9-13-18(14-10-16)26(3)4/h7-14H,1-6H3. The van der Waals surface area contributed by atoms with Crippen molar-refractivity contribution < 1.29 is 0 Å². The van der Waals surface area contributed by atoms with Crippen LogP contribution in [0.25, 0.3) is 22.5 Å². The van der Waals surface area contributed by atoms with E-state index < -0.39 is 0 Å². The molecule has 0 bridgehead atoms. The Morgan fingerprint density at radius 2 is 0.963 bits per heavy atom. The Morgan fingerprint density at radius 3 is 1.37 bits per heavy atom. The molecule has 0 N–H and O–H groups in total. The zero-order chi connectivity index (χ0) is 19.6. The number of benzene rings is 2. The molecule has 1 aromatic heterocycles. The Kier molecular flexibility index (Phi) is 5.26. The van der Waals surface area contributed by atoms with Crippen molar-refractivity contribution in [2.75, 3.05) is 57.0 Å². The highest BCUT2D eigenvalue weighted by atomic mass is 15.3. The molecule has 0 amide bonds. The molecule has 0 saturated heterocycles. The van der Waals surface area contributed by atoms with Crippen LogP contribution in [0, 0.1) is 0 Å². The maximum atomic E-state index is 4.78. The summed E-state index contributed by atoms with van der Waals surface area (Å²) in [6, 6.07) is 16.6. The molecule has 0 fully saturated rings. The molecule has 2 aromatic carbocycles.